The average molecular weight is 286 g/mol. The molecule has 0 atom stereocenters. The largest absolute Gasteiger partial charge is 0.0683 e. The number of benzene rings is 4. The molecule has 0 spiro atoms. The smallest absolute Gasteiger partial charge is 0.00671 e. The zero-order valence-electron chi connectivity index (χ0n) is 13.8. The van der Waals surface area contributed by atoms with Crippen LogP contribution in [-0.4, -0.2) is 0 Å². The molecular formula is C22H22. The van der Waals surface area contributed by atoms with Crippen molar-refractivity contribution in [1.29, 1.82) is 0 Å². The maximum Gasteiger partial charge on any atom is -0.00671 e. The SMILES string of the molecule is CC.Cc1c2ccccc2c(C)c2c1ccc1ccccc12. The fourth-order valence-corrected chi connectivity index (χ4v) is 3.40. The van der Waals surface area contributed by atoms with Gasteiger partial charge in [0.25, 0.3) is 0 Å². The zero-order chi connectivity index (χ0) is 15.7. The van der Waals surface area contributed by atoms with Gasteiger partial charge in [0.1, 0.15) is 0 Å². The molecule has 22 heavy (non-hydrogen) atoms. The van der Waals surface area contributed by atoms with Crippen LogP contribution in [0.15, 0.2) is 60.7 Å². The lowest BCUT2D eigenvalue weighted by Gasteiger charge is -2.14. The van der Waals surface area contributed by atoms with Crippen LogP contribution in [-0.2, 0) is 0 Å². The van der Waals surface area contributed by atoms with Crippen molar-refractivity contribution in [1.82, 2.24) is 0 Å². The Bertz CT molecular complexity index is 962. The summed E-state index contributed by atoms with van der Waals surface area (Å²) in [5.41, 5.74) is 2.77. The molecule has 0 bridgehead atoms. The van der Waals surface area contributed by atoms with Crippen LogP contribution in [0.2, 0.25) is 0 Å². The second kappa shape index (κ2) is 5.81. The van der Waals surface area contributed by atoms with Gasteiger partial charge in [0.15, 0.2) is 0 Å². The molecule has 110 valence electrons. The fourth-order valence-electron chi connectivity index (χ4n) is 3.40. The molecule has 0 aliphatic heterocycles. The topological polar surface area (TPSA) is 0 Å². The van der Waals surface area contributed by atoms with E-state index in [0.717, 1.165) is 0 Å². The summed E-state index contributed by atoms with van der Waals surface area (Å²) in [6.07, 6.45) is 0. The molecule has 4 rings (SSSR count). The highest BCUT2D eigenvalue weighted by Crippen LogP contribution is 2.36. The van der Waals surface area contributed by atoms with E-state index in [9.17, 15) is 0 Å². The average Bonchev–Trinajstić information content (AvgIpc) is 2.60. The molecule has 0 saturated heterocycles. The summed E-state index contributed by atoms with van der Waals surface area (Å²) in [6, 6.07) is 21.9. The molecule has 4 aromatic carbocycles. The predicted octanol–water partition coefficient (Wildman–Crippen LogP) is 6.79. The van der Waals surface area contributed by atoms with Gasteiger partial charge in [-0.1, -0.05) is 74.5 Å². The van der Waals surface area contributed by atoms with Gasteiger partial charge < -0.3 is 0 Å². The summed E-state index contributed by atoms with van der Waals surface area (Å²) in [6.45, 7) is 8.48. The van der Waals surface area contributed by atoms with Crippen molar-refractivity contribution in [2.75, 3.05) is 0 Å². The minimum absolute atomic E-state index is 1.32. The Morgan fingerprint density at radius 3 is 1.73 bits per heavy atom. The minimum atomic E-state index is 1.32. The van der Waals surface area contributed by atoms with E-state index in [1.807, 2.05) is 13.8 Å². The molecule has 0 heterocycles. The van der Waals surface area contributed by atoms with Crippen LogP contribution in [0.4, 0.5) is 0 Å². The molecule has 0 radical (unpaired) electrons. The third kappa shape index (κ3) is 2.07. The number of fused-ring (bicyclic) bond motifs is 4. The zero-order valence-corrected chi connectivity index (χ0v) is 13.8. The Morgan fingerprint density at radius 1 is 0.500 bits per heavy atom. The second-order valence-electron chi connectivity index (χ2n) is 5.50. The minimum Gasteiger partial charge on any atom is -0.0683 e. The number of hydrogen-bond acceptors (Lipinski definition) is 0. The molecular weight excluding hydrogens is 264 g/mol. The van der Waals surface area contributed by atoms with Gasteiger partial charge >= 0.3 is 0 Å². The normalized spacial score (nSPS) is 10.7. The van der Waals surface area contributed by atoms with Crippen molar-refractivity contribution in [3.05, 3.63) is 71.8 Å². The fraction of sp³-hybridized carbons (Fsp3) is 0.182. The van der Waals surface area contributed by atoms with Crippen molar-refractivity contribution < 1.29 is 0 Å². The van der Waals surface area contributed by atoms with Crippen LogP contribution in [0, 0.1) is 13.8 Å². The summed E-state index contributed by atoms with van der Waals surface area (Å²) in [4.78, 5) is 0. The Morgan fingerprint density at radius 2 is 1.05 bits per heavy atom. The Balaban J connectivity index is 0.000000693. The molecule has 0 amide bonds. The van der Waals surface area contributed by atoms with Gasteiger partial charge in [0.2, 0.25) is 0 Å². The van der Waals surface area contributed by atoms with Crippen LogP contribution in [0.25, 0.3) is 32.3 Å². The molecule has 0 aliphatic carbocycles. The lowest BCUT2D eigenvalue weighted by atomic mass is 9.90. The van der Waals surface area contributed by atoms with E-state index >= 15 is 0 Å². The quantitative estimate of drug-likeness (QED) is 0.246. The Kier molecular flexibility index (Phi) is 3.85. The molecule has 0 unspecified atom stereocenters. The van der Waals surface area contributed by atoms with Crippen LogP contribution >= 0.6 is 0 Å². The Labute approximate surface area is 132 Å². The summed E-state index contributed by atoms with van der Waals surface area (Å²) in [5, 5.41) is 8.19. The van der Waals surface area contributed by atoms with Crippen LogP contribution in [0.3, 0.4) is 0 Å². The van der Waals surface area contributed by atoms with E-state index < -0.39 is 0 Å². The first-order valence-electron chi connectivity index (χ1n) is 8.07. The molecule has 4 aromatic rings. The highest BCUT2D eigenvalue weighted by molar-refractivity contribution is 6.16. The lowest BCUT2D eigenvalue weighted by Crippen LogP contribution is -1.89. The van der Waals surface area contributed by atoms with Crippen molar-refractivity contribution in [3.63, 3.8) is 0 Å². The molecule has 0 aliphatic rings. The van der Waals surface area contributed by atoms with Gasteiger partial charge in [0, 0.05) is 0 Å². The maximum atomic E-state index is 2.27. The van der Waals surface area contributed by atoms with Crippen LogP contribution in [0.1, 0.15) is 25.0 Å². The number of aryl methyl sites for hydroxylation is 2. The Hall–Kier alpha value is -2.34. The van der Waals surface area contributed by atoms with Gasteiger partial charge in [-0.05, 0) is 57.3 Å². The lowest BCUT2D eigenvalue weighted by molar-refractivity contribution is 1.50. The highest BCUT2D eigenvalue weighted by Gasteiger charge is 2.10. The van der Waals surface area contributed by atoms with Crippen molar-refractivity contribution in [2.24, 2.45) is 0 Å². The first kappa shape index (κ1) is 14.6. The third-order valence-electron chi connectivity index (χ3n) is 4.44. The molecule has 0 fully saturated rings. The molecule has 0 heteroatoms. The molecule has 0 aromatic heterocycles. The van der Waals surface area contributed by atoms with E-state index in [4.69, 9.17) is 0 Å². The predicted molar refractivity (Wildman–Crippen MR) is 99.8 cm³/mol. The maximum absolute atomic E-state index is 2.27. The third-order valence-corrected chi connectivity index (χ3v) is 4.44. The number of rotatable bonds is 0. The molecule has 0 nitrogen and oxygen atoms in total. The van der Waals surface area contributed by atoms with Gasteiger partial charge in [-0.15, -0.1) is 0 Å². The first-order valence-corrected chi connectivity index (χ1v) is 8.07. The van der Waals surface area contributed by atoms with Gasteiger partial charge in [-0.25, -0.2) is 0 Å². The standard InChI is InChI=1S/C20H16.C2H6/c1-13-16-8-5-6-9-17(16)14(2)20-18(13)12-11-15-7-3-4-10-19(15)20;1-2/h3-12H,1-2H3;1-2H3. The molecule has 0 saturated carbocycles. The van der Waals surface area contributed by atoms with Crippen molar-refractivity contribution in [3.8, 4) is 0 Å². The second-order valence-corrected chi connectivity index (χ2v) is 5.50. The van der Waals surface area contributed by atoms with E-state index in [-0.39, 0.29) is 0 Å². The van der Waals surface area contributed by atoms with Gasteiger partial charge in [-0.3, -0.25) is 0 Å². The van der Waals surface area contributed by atoms with Crippen LogP contribution < -0.4 is 0 Å². The van der Waals surface area contributed by atoms with Crippen molar-refractivity contribution in [2.45, 2.75) is 27.7 Å². The van der Waals surface area contributed by atoms with Crippen molar-refractivity contribution >= 4 is 32.3 Å². The summed E-state index contributed by atoms with van der Waals surface area (Å²) < 4.78 is 0. The molecule has 0 N–H and O–H groups in total. The summed E-state index contributed by atoms with van der Waals surface area (Å²) in [7, 11) is 0. The van der Waals surface area contributed by atoms with E-state index in [0.29, 0.717) is 0 Å². The first-order chi connectivity index (χ1) is 10.8. The summed E-state index contributed by atoms with van der Waals surface area (Å²) >= 11 is 0. The summed E-state index contributed by atoms with van der Waals surface area (Å²) in [5.74, 6) is 0. The van der Waals surface area contributed by atoms with Gasteiger partial charge in [-0.2, -0.15) is 0 Å². The highest BCUT2D eigenvalue weighted by atomic mass is 14.1. The van der Waals surface area contributed by atoms with Crippen LogP contribution in [0.5, 0.6) is 0 Å². The monoisotopic (exact) mass is 286 g/mol. The van der Waals surface area contributed by atoms with E-state index in [1.165, 1.54) is 43.4 Å². The van der Waals surface area contributed by atoms with E-state index in [2.05, 4.69) is 74.5 Å². The van der Waals surface area contributed by atoms with E-state index in [1.54, 1.807) is 0 Å². The number of hydrogen-bond donors (Lipinski definition) is 0. The van der Waals surface area contributed by atoms with Gasteiger partial charge in [0.05, 0.1) is 0 Å².